The van der Waals surface area contributed by atoms with Crippen LogP contribution in [0.3, 0.4) is 0 Å². The van der Waals surface area contributed by atoms with E-state index in [9.17, 15) is 17.6 Å². The standard InChI is InChI=1S/C20H16FN3O3S/c21-17-12-6-4-10-15(17)19-22-18-13-7-5-11-16(18)20(25)24(19)23-28(26,27)14-8-2-1-3-9-14/h1-13,19,22-23H/t19-/m1/s1. The van der Waals surface area contributed by atoms with Crippen LogP contribution in [0.4, 0.5) is 10.1 Å². The van der Waals surface area contributed by atoms with Gasteiger partial charge in [-0.05, 0) is 30.3 Å². The molecule has 0 unspecified atom stereocenters. The van der Waals surface area contributed by atoms with Gasteiger partial charge in [0.15, 0.2) is 0 Å². The van der Waals surface area contributed by atoms with E-state index in [-0.39, 0.29) is 16.0 Å². The second kappa shape index (κ2) is 7.06. The highest BCUT2D eigenvalue weighted by Crippen LogP contribution is 2.33. The van der Waals surface area contributed by atoms with Crippen LogP contribution in [0, 0.1) is 5.82 Å². The Morgan fingerprint density at radius 3 is 2.29 bits per heavy atom. The summed E-state index contributed by atoms with van der Waals surface area (Å²) in [5, 5.41) is 3.95. The number of nitrogens with one attached hydrogen (secondary N) is 2. The van der Waals surface area contributed by atoms with Crippen molar-refractivity contribution < 1.29 is 17.6 Å². The number of rotatable bonds is 4. The second-order valence-electron chi connectivity index (χ2n) is 6.20. The van der Waals surface area contributed by atoms with Crippen molar-refractivity contribution in [1.29, 1.82) is 0 Å². The van der Waals surface area contributed by atoms with Crippen molar-refractivity contribution in [2.75, 3.05) is 5.32 Å². The first-order valence-electron chi connectivity index (χ1n) is 8.48. The molecule has 2 N–H and O–H groups in total. The highest BCUT2D eigenvalue weighted by Gasteiger charge is 2.37. The van der Waals surface area contributed by atoms with Crippen LogP contribution < -0.4 is 10.1 Å². The van der Waals surface area contributed by atoms with Gasteiger partial charge in [0.05, 0.1) is 10.5 Å². The molecule has 0 saturated carbocycles. The van der Waals surface area contributed by atoms with Crippen LogP contribution in [-0.4, -0.2) is 19.3 Å². The van der Waals surface area contributed by atoms with E-state index in [2.05, 4.69) is 10.1 Å². The topological polar surface area (TPSA) is 78.5 Å². The number of hydrogen-bond acceptors (Lipinski definition) is 4. The minimum atomic E-state index is -4.06. The minimum Gasteiger partial charge on any atom is -0.360 e. The average Bonchev–Trinajstić information content (AvgIpc) is 2.71. The number of para-hydroxylation sites is 1. The maximum absolute atomic E-state index is 14.5. The number of nitrogens with zero attached hydrogens (tertiary/aromatic N) is 1. The van der Waals surface area contributed by atoms with Crippen molar-refractivity contribution >= 4 is 21.6 Å². The normalized spacial score (nSPS) is 16.4. The molecule has 0 spiro atoms. The van der Waals surface area contributed by atoms with Crippen molar-refractivity contribution in [3.05, 3.63) is 95.8 Å². The fourth-order valence-electron chi connectivity index (χ4n) is 3.04. The van der Waals surface area contributed by atoms with E-state index < -0.39 is 27.9 Å². The number of carbonyl (C=O) groups is 1. The molecular weight excluding hydrogens is 381 g/mol. The fraction of sp³-hybridized carbons (Fsp3) is 0.0500. The minimum absolute atomic E-state index is 0.00561. The summed E-state index contributed by atoms with van der Waals surface area (Å²) in [5.74, 6) is -1.14. The molecule has 0 saturated heterocycles. The monoisotopic (exact) mass is 397 g/mol. The first-order valence-corrected chi connectivity index (χ1v) is 9.97. The van der Waals surface area contributed by atoms with Crippen LogP contribution in [0.25, 0.3) is 0 Å². The first-order chi connectivity index (χ1) is 13.5. The van der Waals surface area contributed by atoms with Gasteiger partial charge in [-0.1, -0.05) is 48.5 Å². The van der Waals surface area contributed by atoms with Crippen LogP contribution in [0.2, 0.25) is 0 Å². The van der Waals surface area contributed by atoms with Crippen LogP contribution in [-0.2, 0) is 10.0 Å². The molecule has 0 aromatic heterocycles. The Balaban J connectivity index is 1.80. The smallest absolute Gasteiger partial charge is 0.273 e. The maximum atomic E-state index is 14.5. The molecule has 3 aromatic carbocycles. The zero-order valence-electron chi connectivity index (χ0n) is 14.5. The highest BCUT2D eigenvalue weighted by atomic mass is 32.2. The molecule has 142 valence electrons. The number of anilines is 1. The van der Waals surface area contributed by atoms with E-state index in [4.69, 9.17) is 0 Å². The number of hydrazine groups is 1. The number of benzene rings is 3. The van der Waals surface area contributed by atoms with Gasteiger partial charge in [0.1, 0.15) is 12.0 Å². The molecule has 6 nitrogen and oxygen atoms in total. The zero-order chi connectivity index (χ0) is 19.7. The molecule has 28 heavy (non-hydrogen) atoms. The van der Waals surface area contributed by atoms with Gasteiger partial charge >= 0.3 is 0 Å². The predicted molar refractivity (Wildman–Crippen MR) is 102 cm³/mol. The Kier molecular flexibility index (Phi) is 4.58. The van der Waals surface area contributed by atoms with E-state index in [0.717, 1.165) is 5.01 Å². The number of fused-ring (bicyclic) bond motifs is 1. The molecule has 1 atom stereocenters. The van der Waals surface area contributed by atoms with Crippen molar-refractivity contribution in [3.63, 3.8) is 0 Å². The summed E-state index contributed by atoms with van der Waals surface area (Å²) >= 11 is 0. The zero-order valence-corrected chi connectivity index (χ0v) is 15.4. The Morgan fingerprint density at radius 2 is 1.54 bits per heavy atom. The van der Waals surface area contributed by atoms with Gasteiger partial charge in [-0.15, -0.1) is 4.83 Å². The summed E-state index contributed by atoms with van der Waals surface area (Å²) in [6, 6.07) is 20.2. The van der Waals surface area contributed by atoms with E-state index in [0.29, 0.717) is 5.69 Å². The third-order valence-electron chi connectivity index (χ3n) is 4.40. The SMILES string of the molecule is O=C1c2ccccc2N[C@@H](c2ccccc2F)N1NS(=O)(=O)c1ccccc1. The van der Waals surface area contributed by atoms with Gasteiger partial charge in [-0.3, -0.25) is 4.79 Å². The Morgan fingerprint density at radius 1 is 0.893 bits per heavy atom. The third kappa shape index (κ3) is 3.23. The molecule has 0 aliphatic carbocycles. The highest BCUT2D eigenvalue weighted by molar-refractivity contribution is 7.89. The van der Waals surface area contributed by atoms with Crippen LogP contribution in [0.15, 0.2) is 83.8 Å². The van der Waals surface area contributed by atoms with Gasteiger partial charge in [-0.2, -0.15) is 0 Å². The molecular formula is C20H16FN3O3S. The molecule has 1 aliphatic rings. The fourth-order valence-corrected chi connectivity index (χ4v) is 4.11. The van der Waals surface area contributed by atoms with E-state index in [1.54, 1.807) is 48.5 Å². The molecule has 8 heteroatoms. The number of hydrogen-bond donors (Lipinski definition) is 2. The lowest BCUT2D eigenvalue weighted by Gasteiger charge is -2.37. The van der Waals surface area contributed by atoms with E-state index >= 15 is 0 Å². The van der Waals surface area contributed by atoms with E-state index in [1.165, 1.54) is 30.3 Å². The van der Waals surface area contributed by atoms with Crippen molar-refractivity contribution in [3.8, 4) is 0 Å². The maximum Gasteiger partial charge on any atom is 0.273 e. The summed E-state index contributed by atoms with van der Waals surface area (Å²) in [6.45, 7) is 0. The second-order valence-corrected chi connectivity index (χ2v) is 7.86. The Hall–Kier alpha value is -3.23. The quantitative estimate of drug-likeness (QED) is 0.708. The summed E-state index contributed by atoms with van der Waals surface area (Å²) in [6.07, 6.45) is -1.05. The molecule has 3 aromatic rings. The lowest BCUT2D eigenvalue weighted by atomic mass is 10.0. The molecule has 0 radical (unpaired) electrons. The molecule has 0 fully saturated rings. The average molecular weight is 397 g/mol. The van der Waals surface area contributed by atoms with Crippen molar-refractivity contribution in [1.82, 2.24) is 9.84 Å². The molecule has 0 bridgehead atoms. The Labute approximate surface area is 161 Å². The van der Waals surface area contributed by atoms with Gasteiger partial charge in [0.2, 0.25) is 0 Å². The molecule has 1 aliphatic heterocycles. The lowest BCUT2D eigenvalue weighted by Crippen LogP contribution is -2.52. The summed E-state index contributed by atoms with van der Waals surface area (Å²) in [5.41, 5.74) is 0.919. The number of amides is 1. The first kappa shape index (κ1) is 18.1. The molecule has 4 rings (SSSR count). The van der Waals surface area contributed by atoms with Crippen LogP contribution >= 0.6 is 0 Å². The summed E-state index contributed by atoms with van der Waals surface area (Å²) in [4.78, 5) is 15.4. The number of sulfonamides is 1. The van der Waals surface area contributed by atoms with Crippen molar-refractivity contribution in [2.24, 2.45) is 0 Å². The van der Waals surface area contributed by atoms with Crippen molar-refractivity contribution in [2.45, 2.75) is 11.1 Å². The molecule has 1 heterocycles. The van der Waals surface area contributed by atoms with Gasteiger partial charge in [-0.25, -0.2) is 17.8 Å². The van der Waals surface area contributed by atoms with Gasteiger partial charge < -0.3 is 5.32 Å². The molecule has 1 amide bonds. The number of carbonyl (C=O) groups excluding carboxylic acids is 1. The number of halogens is 1. The lowest BCUT2D eigenvalue weighted by molar-refractivity contribution is 0.0629. The van der Waals surface area contributed by atoms with E-state index in [1.807, 2.05) is 0 Å². The van der Waals surface area contributed by atoms with Crippen LogP contribution in [0.5, 0.6) is 0 Å². The summed E-state index contributed by atoms with van der Waals surface area (Å²) in [7, 11) is -4.06. The van der Waals surface area contributed by atoms with Crippen LogP contribution in [0.1, 0.15) is 22.1 Å². The Bertz CT molecular complexity index is 1140. The summed E-state index contributed by atoms with van der Waals surface area (Å²) < 4.78 is 40.0. The van der Waals surface area contributed by atoms with Gasteiger partial charge in [0.25, 0.3) is 15.9 Å². The van der Waals surface area contributed by atoms with Gasteiger partial charge in [0, 0.05) is 11.3 Å². The predicted octanol–water partition coefficient (Wildman–Crippen LogP) is 3.29. The third-order valence-corrected chi connectivity index (χ3v) is 5.73. The largest absolute Gasteiger partial charge is 0.360 e.